The van der Waals surface area contributed by atoms with Crippen molar-refractivity contribution in [2.75, 3.05) is 0 Å². The molecule has 1 aromatic heterocycles. The van der Waals surface area contributed by atoms with E-state index in [-0.39, 0.29) is 22.8 Å². The van der Waals surface area contributed by atoms with Gasteiger partial charge in [0.25, 0.3) is 0 Å². The van der Waals surface area contributed by atoms with Crippen LogP contribution in [-0.2, 0) is 7.05 Å². The van der Waals surface area contributed by atoms with E-state index in [9.17, 15) is 14.9 Å². The van der Waals surface area contributed by atoms with Crippen molar-refractivity contribution in [3.8, 4) is 11.5 Å². The van der Waals surface area contributed by atoms with E-state index >= 15 is 0 Å². The van der Waals surface area contributed by atoms with Gasteiger partial charge in [-0.05, 0) is 19.1 Å². The minimum absolute atomic E-state index is 0.0722. The highest BCUT2D eigenvalue weighted by molar-refractivity contribution is 5.95. The van der Waals surface area contributed by atoms with Crippen molar-refractivity contribution >= 4 is 11.5 Å². The Labute approximate surface area is 108 Å². The number of rotatable bonds is 4. The van der Waals surface area contributed by atoms with Crippen LogP contribution in [0, 0.1) is 10.1 Å². The number of hydrogen-bond acceptors (Lipinski definition) is 5. The Morgan fingerprint density at radius 1 is 1.47 bits per heavy atom. The Bertz CT molecular complexity index is 648. The molecule has 19 heavy (non-hydrogen) atoms. The number of nitro groups is 1. The molecule has 0 atom stereocenters. The predicted molar refractivity (Wildman–Crippen MR) is 66.4 cm³/mol. The third-order valence-electron chi connectivity index (χ3n) is 2.47. The highest BCUT2D eigenvalue weighted by Gasteiger charge is 2.18. The van der Waals surface area contributed by atoms with Crippen LogP contribution in [0.5, 0.6) is 11.5 Å². The standard InChI is InChI=1S/C12H11N3O4/c1-8(16)9-3-4-12(11(5-9)15(17)18)19-10-6-13-14(2)7-10/h3-7H,1-2H3. The maximum Gasteiger partial charge on any atom is 0.312 e. The largest absolute Gasteiger partial charge is 0.447 e. The highest BCUT2D eigenvalue weighted by Crippen LogP contribution is 2.32. The van der Waals surface area contributed by atoms with Crippen LogP contribution in [0.3, 0.4) is 0 Å². The molecule has 0 spiro atoms. The Morgan fingerprint density at radius 3 is 2.74 bits per heavy atom. The highest BCUT2D eigenvalue weighted by atomic mass is 16.6. The summed E-state index contributed by atoms with van der Waals surface area (Å²) in [5.41, 5.74) is 0.0155. The fourth-order valence-corrected chi connectivity index (χ4v) is 1.54. The first-order chi connectivity index (χ1) is 8.97. The van der Waals surface area contributed by atoms with Gasteiger partial charge in [0.15, 0.2) is 11.5 Å². The second-order valence-electron chi connectivity index (χ2n) is 3.95. The van der Waals surface area contributed by atoms with Gasteiger partial charge in [0.2, 0.25) is 5.75 Å². The smallest absolute Gasteiger partial charge is 0.312 e. The fourth-order valence-electron chi connectivity index (χ4n) is 1.54. The van der Waals surface area contributed by atoms with Crippen LogP contribution in [0.25, 0.3) is 0 Å². The molecule has 98 valence electrons. The van der Waals surface area contributed by atoms with Crippen molar-refractivity contribution in [1.29, 1.82) is 0 Å². The summed E-state index contributed by atoms with van der Waals surface area (Å²) in [7, 11) is 1.71. The summed E-state index contributed by atoms with van der Waals surface area (Å²) >= 11 is 0. The van der Waals surface area contributed by atoms with E-state index in [1.165, 1.54) is 36.0 Å². The zero-order chi connectivity index (χ0) is 14.0. The molecule has 1 aromatic carbocycles. The van der Waals surface area contributed by atoms with Gasteiger partial charge in [0.1, 0.15) is 0 Å². The number of nitro benzene ring substituents is 1. The second-order valence-corrected chi connectivity index (χ2v) is 3.95. The van der Waals surface area contributed by atoms with E-state index in [0.29, 0.717) is 5.75 Å². The van der Waals surface area contributed by atoms with E-state index in [2.05, 4.69) is 5.10 Å². The van der Waals surface area contributed by atoms with Crippen LogP contribution < -0.4 is 4.74 Å². The molecule has 0 bridgehead atoms. The molecule has 2 rings (SSSR count). The Balaban J connectivity index is 2.39. The van der Waals surface area contributed by atoms with Crippen molar-refractivity contribution in [3.63, 3.8) is 0 Å². The van der Waals surface area contributed by atoms with Gasteiger partial charge in [-0.15, -0.1) is 0 Å². The van der Waals surface area contributed by atoms with E-state index in [4.69, 9.17) is 4.74 Å². The number of aromatic nitrogens is 2. The lowest BCUT2D eigenvalue weighted by molar-refractivity contribution is -0.385. The number of carbonyl (C=O) groups excluding carboxylic acids is 1. The average molecular weight is 261 g/mol. The fraction of sp³-hybridized carbons (Fsp3) is 0.167. The Kier molecular flexibility index (Phi) is 3.28. The van der Waals surface area contributed by atoms with E-state index in [1.54, 1.807) is 13.2 Å². The van der Waals surface area contributed by atoms with Gasteiger partial charge < -0.3 is 4.74 Å². The van der Waals surface area contributed by atoms with Crippen molar-refractivity contribution in [1.82, 2.24) is 9.78 Å². The zero-order valence-electron chi connectivity index (χ0n) is 10.4. The molecule has 2 aromatic rings. The molecule has 0 N–H and O–H groups in total. The lowest BCUT2D eigenvalue weighted by Gasteiger charge is -2.04. The summed E-state index contributed by atoms with van der Waals surface area (Å²) in [5.74, 6) is 0.222. The van der Waals surface area contributed by atoms with Gasteiger partial charge in [-0.2, -0.15) is 5.10 Å². The summed E-state index contributed by atoms with van der Waals surface area (Å²) < 4.78 is 6.91. The molecule has 0 aliphatic carbocycles. The maximum absolute atomic E-state index is 11.2. The second kappa shape index (κ2) is 4.89. The predicted octanol–water partition coefficient (Wildman–Crippen LogP) is 2.32. The first kappa shape index (κ1) is 12.7. The topological polar surface area (TPSA) is 87.3 Å². The quantitative estimate of drug-likeness (QED) is 0.479. The summed E-state index contributed by atoms with van der Waals surface area (Å²) in [5, 5.41) is 14.9. The maximum atomic E-state index is 11.2. The number of ether oxygens (including phenoxy) is 1. The van der Waals surface area contributed by atoms with Crippen LogP contribution in [0.1, 0.15) is 17.3 Å². The molecule has 0 radical (unpaired) electrons. The summed E-state index contributed by atoms with van der Waals surface area (Å²) in [6.07, 6.45) is 3.03. The van der Waals surface area contributed by atoms with Gasteiger partial charge in [-0.25, -0.2) is 0 Å². The molecule has 7 heteroatoms. The normalized spacial score (nSPS) is 10.2. The molecular formula is C12H11N3O4. The van der Waals surface area contributed by atoms with Crippen molar-refractivity contribution in [2.24, 2.45) is 7.05 Å². The summed E-state index contributed by atoms with van der Waals surface area (Å²) in [4.78, 5) is 21.6. The number of aryl methyl sites for hydroxylation is 1. The third kappa shape index (κ3) is 2.76. The third-order valence-corrected chi connectivity index (χ3v) is 2.47. The lowest BCUT2D eigenvalue weighted by atomic mass is 10.1. The first-order valence-corrected chi connectivity index (χ1v) is 5.43. The van der Waals surface area contributed by atoms with Gasteiger partial charge >= 0.3 is 5.69 Å². The minimum atomic E-state index is -0.585. The van der Waals surface area contributed by atoms with E-state index in [0.717, 1.165) is 0 Å². The molecule has 0 amide bonds. The van der Waals surface area contributed by atoms with E-state index in [1.807, 2.05) is 0 Å². The first-order valence-electron chi connectivity index (χ1n) is 5.43. The molecule has 0 aliphatic rings. The number of ketones is 1. The van der Waals surface area contributed by atoms with Crippen LogP contribution in [0.4, 0.5) is 5.69 Å². The number of hydrogen-bond donors (Lipinski definition) is 0. The molecule has 0 unspecified atom stereocenters. The van der Waals surface area contributed by atoms with Gasteiger partial charge in [-0.3, -0.25) is 19.6 Å². The Hall–Kier alpha value is -2.70. The monoisotopic (exact) mass is 261 g/mol. The van der Waals surface area contributed by atoms with Gasteiger partial charge in [0.05, 0.1) is 17.3 Å². The van der Waals surface area contributed by atoms with Crippen LogP contribution in [0.2, 0.25) is 0 Å². The average Bonchev–Trinajstić information content (AvgIpc) is 2.74. The van der Waals surface area contributed by atoms with Crippen molar-refractivity contribution in [3.05, 3.63) is 46.3 Å². The number of Topliss-reactive ketones (excluding diaryl/α,β-unsaturated/α-hetero) is 1. The van der Waals surface area contributed by atoms with Gasteiger partial charge in [-0.1, -0.05) is 0 Å². The van der Waals surface area contributed by atoms with Crippen LogP contribution >= 0.6 is 0 Å². The van der Waals surface area contributed by atoms with Crippen LogP contribution in [0.15, 0.2) is 30.6 Å². The van der Waals surface area contributed by atoms with Crippen LogP contribution in [-0.4, -0.2) is 20.5 Å². The molecule has 0 aliphatic heterocycles. The summed E-state index contributed by atoms with van der Waals surface area (Å²) in [6, 6.07) is 4.09. The number of benzene rings is 1. The Morgan fingerprint density at radius 2 is 2.21 bits per heavy atom. The molecule has 0 saturated carbocycles. The molecule has 1 heterocycles. The minimum Gasteiger partial charge on any atom is -0.447 e. The number of nitrogens with zero attached hydrogens (tertiary/aromatic N) is 3. The van der Waals surface area contributed by atoms with Gasteiger partial charge in [0, 0.05) is 18.7 Å². The zero-order valence-corrected chi connectivity index (χ0v) is 10.4. The van der Waals surface area contributed by atoms with Crippen molar-refractivity contribution < 1.29 is 14.5 Å². The molecule has 7 nitrogen and oxygen atoms in total. The lowest BCUT2D eigenvalue weighted by Crippen LogP contribution is -1.97. The molecule has 0 saturated heterocycles. The molecule has 0 fully saturated rings. The van der Waals surface area contributed by atoms with Crippen molar-refractivity contribution in [2.45, 2.75) is 6.92 Å². The number of carbonyl (C=O) groups is 1. The van der Waals surface area contributed by atoms with E-state index < -0.39 is 4.92 Å². The summed E-state index contributed by atoms with van der Waals surface area (Å²) in [6.45, 7) is 1.35. The SMILES string of the molecule is CC(=O)c1ccc(Oc2cnn(C)c2)c([N+](=O)[O-])c1. The molecular weight excluding hydrogens is 250 g/mol.